The first kappa shape index (κ1) is 14.6. The molecule has 0 saturated heterocycles. The van der Waals surface area contributed by atoms with Gasteiger partial charge in [-0.05, 0) is 24.5 Å². The lowest BCUT2D eigenvalue weighted by Gasteiger charge is -2.18. The van der Waals surface area contributed by atoms with Crippen molar-refractivity contribution in [2.75, 3.05) is 7.05 Å². The Hall–Kier alpha value is -2.29. The van der Waals surface area contributed by atoms with Gasteiger partial charge in [0.25, 0.3) is 0 Å². The van der Waals surface area contributed by atoms with Crippen molar-refractivity contribution in [1.29, 1.82) is 0 Å². The number of guanidine groups is 1. The van der Waals surface area contributed by atoms with E-state index in [4.69, 9.17) is 0 Å². The Morgan fingerprint density at radius 2 is 1.68 bits per heavy atom. The fraction of sp³-hybridized carbons (Fsp3) is 0.316. The molecule has 2 N–H and O–H groups in total. The molecule has 3 heteroatoms. The van der Waals surface area contributed by atoms with Gasteiger partial charge in [0.05, 0.1) is 6.04 Å². The Bertz CT molecular complexity index is 622. The number of nitrogens with zero attached hydrogens (tertiary/aromatic N) is 1. The molecule has 0 aromatic heterocycles. The summed E-state index contributed by atoms with van der Waals surface area (Å²) in [7, 11) is 1.83. The molecule has 3 atom stereocenters. The summed E-state index contributed by atoms with van der Waals surface area (Å²) < 4.78 is 0. The first-order chi connectivity index (χ1) is 10.8. The standard InChI is InChI=1S/C19H23N3/c1-14(15-9-5-3-6-10-15)21-19(20-2)22-18-13-17(18)16-11-7-4-8-12-16/h3-12,14,17-18H,13H2,1-2H3,(H2,20,21,22). The number of aliphatic imine (C=N–C) groups is 1. The van der Waals surface area contributed by atoms with E-state index in [-0.39, 0.29) is 6.04 Å². The highest BCUT2D eigenvalue weighted by molar-refractivity contribution is 5.81. The second kappa shape index (κ2) is 6.65. The van der Waals surface area contributed by atoms with Gasteiger partial charge in [-0.1, -0.05) is 60.7 Å². The molecule has 2 aromatic carbocycles. The summed E-state index contributed by atoms with van der Waals surface area (Å²) in [6, 6.07) is 21.8. The summed E-state index contributed by atoms with van der Waals surface area (Å²) in [6.07, 6.45) is 1.17. The zero-order valence-electron chi connectivity index (χ0n) is 13.2. The fourth-order valence-electron chi connectivity index (χ4n) is 2.80. The first-order valence-corrected chi connectivity index (χ1v) is 7.87. The second-order valence-electron chi connectivity index (χ2n) is 5.85. The average molecular weight is 293 g/mol. The lowest BCUT2D eigenvalue weighted by atomic mass is 10.1. The Morgan fingerprint density at radius 1 is 1.05 bits per heavy atom. The van der Waals surface area contributed by atoms with E-state index in [9.17, 15) is 0 Å². The molecule has 2 aromatic rings. The summed E-state index contributed by atoms with van der Waals surface area (Å²) in [5.74, 6) is 1.48. The van der Waals surface area contributed by atoms with E-state index in [1.165, 1.54) is 17.5 Å². The van der Waals surface area contributed by atoms with Crippen LogP contribution in [-0.4, -0.2) is 19.0 Å². The minimum atomic E-state index is 0.237. The molecule has 0 aliphatic heterocycles. The smallest absolute Gasteiger partial charge is 0.191 e. The van der Waals surface area contributed by atoms with Crippen LogP contribution in [0.1, 0.15) is 36.4 Å². The van der Waals surface area contributed by atoms with Crippen molar-refractivity contribution in [3.8, 4) is 0 Å². The number of benzene rings is 2. The van der Waals surface area contributed by atoms with Gasteiger partial charge in [-0.3, -0.25) is 4.99 Å². The molecule has 3 unspecified atom stereocenters. The molecular formula is C19H23N3. The van der Waals surface area contributed by atoms with Crippen LogP contribution in [0.15, 0.2) is 65.7 Å². The number of rotatable bonds is 4. The molecule has 0 radical (unpaired) electrons. The molecule has 114 valence electrons. The monoisotopic (exact) mass is 293 g/mol. The maximum atomic E-state index is 4.36. The summed E-state index contributed by atoms with van der Waals surface area (Å²) in [6.45, 7) is 2.16. The van der Waals surface area contributed by atoms with Crippen LogP contribution < -0.4 is 10.6 Å². The van der Waals surface area contributed by atoms with Gasteiger partial charge in [0.2, 0.25) is 0 Å². The van der Waals surface area contributed by atoms with Crippen LogP contribution in [0.25, 0.3) is 0 Å². The molecule has 3 nitrogen and oxygen atoms in total. The minimum Gasteiger partial charge on any atom is -0.353 e. The highest BCUT2D eigenvalue weighted by Crippen LogP contribution is 2.40. The van der Waals surface area contributed by atoms with Gasteiger partial charge in [0.1, 0.15) is 0 Å². The second-order valence-corrected chi connectivity index (χ2v) is 5.85. The van der Waals surface area contributed by atoms with E-state index < -0.39 is 0 Å². The average Bonchev–Trinajstić information content (AvgIpc) is 3.35. The third-order valence-electron chi connectivity index (χ3n) is 4.22. The molecule has 0 amide bonds. The number of hydrogen-bond donors (Lipinski definition) is 2. The summed E-state index contributed by atoms with van der Waals surface area (Å²) in [5, 5.41) is 6.99. The summed E-state index contributed by atoms with van der Waals surface area (Å²) in [5.41, 5.74) is 2.67. The van der Waals surface area contributed by atoms with Gasteiger partial charge in [-0.25, -0.2) is 0 Å². The van der Waals surface area contributed by atoms with Crippen LogP contribution in [-0.2, 0) is 0 Å². The van der Waals surface area contributed by atoms with E-state index in [0.717, 1.165) is 5.96 Å². The van der Waals surface area contributed by atoms with Crippen molar-refractivity contribution >= 4 is 5.96 Å². The van der Waals surface area contributed by atoms with Crippen LogP contribution in [0.3, 0.4) is 0 Å². The predicted molar refractivity (Wildman–Crippen MR) is 92.1 cm³/mol. The SMILES string of the molecule is CN=C(NC(C)c1ccccc1)NC1CC1c1ccccc1. The van der Waals surface area contributed by atoms with E-state index in [1.54, 1.807) is 0 Å². The summed E-state index contributed by atoms with van der Waals surface area (Å²) >= 11 is 0. The molecule has 1 saturated carbocycles. The number of nitrogens with one attached hydrogen (secondary N) is 2. The van der Waals surface area contributed by atoms with E-state index in [0.29, 0.717) is 12.0 Å². The Balaban J connectivity index is 1.56. The lowest BCUT2D eigenvalue weighted by molar-refractivity contribution is 0.681. The van der Waals surface area contributed by atoms with E-state index in [2.05, 4.69) is 77.1 Å². The largest absolute Gasteiger partial charge is 0.353 e. The Kier molecular flexibility index (Phi) is 4.42. The third-order valence-corrected chi connectivity index (χ3v) is 4.22. The molecule has 0 spiro atoms. The number of hydrogen-bond acceptors (Lipinski definition) is 1. The van der Waals surface area contributed by atoms with Crippen LogP contribution in [0.4, 0.5) is 0 Å². The summed E-state index contributed by atoms with van der Waals surface area (Å²) in [4.78, 5) is 4.36. The Labute approximate surface area is 132 Å². The van der Waals surface area contributed by atoms with Gasteiger partial charge >= 0.3 is 0 Å². The van der Waals surface area contributed by atoms with E-state index in [1.807, 2.05) is 13.1 Å². The molecule has 0 bridgehead atoms. The topological polar surface area (TPSA) is 36.4 Å². The normalized spacial score (nSPS) is 22.0. The van der Waals surface area contributed by atoms with Gasteiger partial charge < -0.3 is 10.6 Å². The minimum absolute atomic E-state index is 0.237. The van der Waals surface area contributed by atoms with Gasteiger partial charge in [0.15, 0.2) is 5.96 Å². The zero-order chi connectivity index (χ0) is 15.4. The molecule has 0 heterocycles. The molecular weight excluding hydrogens is 270 g/mol. The van der Waals surface area contributed by atoms with Crippen molar-refractivity contribution in [1.82, 2.24) is 10.6 Å². The quantitative estimate of drug-likeness (QED) is 0.669. The third kappa shape index (κ3) is 3.48. The van der Waals surface area contributed by atoms with Crippen LogP contribution in [0, 0.1) is 0 Å². The van der Waals surface area contributed by atoms with Crippen LogP contribution in [0.2, 0.25) is 0 Å². The van der Waals surface area contributed by atoms with E-state index >= 15 is 0 Å². The molecule has 1 aliphatic carbocycles. The maximum absolute atomic E-state index is 4.36. The van der Waals surface area contributed by atoms with Gasteiger partial charge in [0, 0.05) is 19.0 Å². The molecule has 1 fully saturated rings. The van der Waals surface area contributed by atoms with Crippen molar-refractivity contribution in [2.24, 2.45) is 4.99 Å². The van der Waals surface area contributed by atoms with Gasteiger partial charge in [-0.15, -0.1) is 0 Å². The zero-order valence-corrected chi connectivity index (χ0v) is 13.2. The van der Waals surface area contributed by atoms with Crippen molar-refractivity contribution in [3.05, 3.63) is 71.8 Å². The highest BCUT2D eigenvalue weighted by Gasteiger charge is 2.38. The molecule has 22 heavy (non-hydrogen) atoms. The predicted octanol–water partition coefficient (Wildman–Crippen LogP) is 3.47. The fourth-order valence-corrected chi connectivity index (χ4v) is 2.80. The van der Waals surface area contributed by atoms with Crippen molar-refractivity contribution < 1.29 is 0 Å². The van der Waals surface area contributed by atoms with Gasteiger partial charge in [-0.2, -0.15) is 0 Å². The maximum Gasteiger partial charge on any atom is 0.191 e. The van der Waals surface area contributed by atoms with Crippen LogP contribution in [0.5, 0.6) is 0 Å². The molecule has 1 aliphatic rings. The Morgan fingerprint density at radius 3 is 2.32 bits per heavy atom. The van der Waals surface area contributed by atoms with Crippen molar-refractivity contribution in [3.63, 3.8) is 0 Å². The lowest BCUT2D eigenvalue weighted by Crippen LogP contribution is -2.40. The first-order valence-electron chi connectivity index (χ1n) is 7.87. The van der Waals surface area contributed by atoms with Crippen LogP contribution >= 0.6 is 0 Å². The highest BCUT2D eigenvalue weighted by atomic mass is 15.2. The molecule has 3 rings (SSSR count). The van der Waals surface area contributed by atoms with Crippen molar-refractivity contribution in [2.45, 2.75) is 31.3 Å².